The van der Waals surface area contributed by atoms with Crippen LogP contribution in [-0.2, 0) is 0 Å². The molecule has 0 atom stereocenters. The van der Waals surface area contributed by atoms with E-state index in [1.165, 1.54) is 0 Å². The third-order valence-electron chi connectivity index (χ3n) is 2.36. The Bertz CT molecular complexity index is 363. The number of halogens is 1. The van der Waals surface area contributed by atoms with Crippen molar-refractivity contribution >= 4 is 17.5 Å². The van der Waals surface area contributed by atoms with Crippen molar-refractivity contribution in [3.05, 3.63) is 29.0 Å². The largest absolute Gasteiger partial charge is 0.337 e. The fourth-order valence-electron chi connectivity index (χ4n) is 1.33. The summed E-state index contributed by atoms with van der Waals surface area (Å²) < 4.78 is 0. The van der Waals surface area contributed by atoms with Crippen LogP contribution in [0.25, 0.3) is 0 Å². The van der Waals surface area contributed by atoms with E-state index in [0.717, 1.165) is 12.8 Å². The van der Waals surface area contributed by atoms with Gasteiger partial charge >= 0.3 is 0 Å². The summed E-state index contributed by atoms with van der Waals surface area (Å²) in [4.78, 5) is 17.5. The van der Waals surface area contributed by atoms with Crippen molar-refractivity contribution in [1.29, 1.82) is 0 Å². The van der Waals surface area contributed by atoms with Gasteiger partial charge in [-0.15, -0.1) is 0 Å². The van der Waals surface area contributed by atoms with Crippen molar-refractivity contribution in [3.8, 4) is 0 Å². The lowest BCUT2D eigenvalue weighted by atomic mass is 10.3. The zero-order chi connectivity index (χ0) is 10.1. The third-order valence-corrected chi connectivity index (χ3v) is 2.59. The van der Waals surface area contributed by atoms with Crippen LogP contribution in [-0.4, -0.2) is 28.9 Å². The second-order valence-electron chi connectivity index (χ2n) is 3.51. The Morgan fingerprint density at radius 1 is 1.64 bits per heavy atom. The van der Waals surface area contributed by atoms with Crippen LogP contribution in [0.4, 0.5) is 0 Å². The average molecular weight is 211 g/mol. The molecule has 3 nitrogen and oxygen atoms in total. The quantitative estimate of drug-likeness (QED) is 0.748. The van der Waals surface area contributed by atoms with E-state index >= 15 is 0 Å². The maximum Gasteiger partial charge on any atom is 0.272 e. The SMILES string of the molecule is CN(C(=O)c1cc(Cl)ccn1)C1CC1. The zero-order valence-corrected chi connectivity index (χ0v) is 8.66. The van der Waals surface area contributed by atoms with E-state index < -0.39 is 0 Å². The standard InChI is InChI=1S/C10H11ClN2O/c1-13(8-2-3-8)10(14)9-6-7(11)4-5-12-9/h4-6,8H,2-3H2,1H3. The summed E-state index contributed by atoms with van der Waals surface area (Å²) in [5.41, 5.74) is 0.423. The van der Waals surface area contributed by atoms with E-state index in [0.29, 0.717) is 16.8 Å². The van der Waals surface area contributed by atoms with Gasteiger partial charge in [0.25, 0.3) is 5.91 Å². The molecule has 1 fully saturated rings. The Balaban J connectivity index is 2.17. The fraction of sp³-hybridized carbons (Fsp3) is 0.400. The van der Waals surface area contributed by atoms with E-state index in [1.54, 1.807) is 23.2 Å². The highest BCUT2D eigenvalue weighted by Gasteiger charge is 2.30. The Hall–Kier alpha value is -1.09. The smallest absolute Gasteiger partial charge is 0.272 e. The summed E-state index contributed by atoms with van der Waals surface area (Å²) in [5, 5.41) is 0.549. The molecule has 0 radical (unpaired) electrons. The van der Waals surface area contributed by atoms with E-state index in [2.05, 4.69) is 4.98 Å². The number of pyridine rings is 1. The number of aromatic nitrogens is 1. The topological polar surface area (TPSA) is 33.2 Å². The summed E-state index contributed by atoms with van der Waals surface area (Å²) in [6.45, 7) is 0. The minimum Gasteiger partial charge on any atom is -0.337 e. The predicted molar refractivity (Wildman–Crippen MR) is 54.4 cm³/mol. The maximum absolute atomic E-state index is 11.8. The molecule has 1 saturated carbocycles. The Morgan fingerprint density at radius 2 is 2.36 bits per heavy atom. The molecule has 0 aliphatic heterocycles. The van der Waals surface area contributed by atoms with Gasteiger partial charge in [-0.2, -0.15) is 0 Å². The predicted octanol–water partition coefficient (Wildman–Crippen LogP) is 1.97. The number of rotatable bonds is 2. The van der Waals surface area contributed by atoms with E-state index in [-0.39, 0.29) is 5.91 Å². The molecule has 0 saturated heterocycles. The first-order valence-electron chi connectivity index (χ1n) is 4.57. The van der Waals surface area contributed by atoms with Gasteiger partial charge in [0.15, 0.2) is 0 Å². The second-order valence-corrected chi connectivity index (χ2v) is 3.94. The van der Waals surface area contributed by atoms with Gasteiger partial charge in [0.05, 0.1) is 0 Å². The first-order chi connectivity index (χ1) is 6.68. The summed E-state index contributed by atoms with van der Waals surface area (Å²) in [5.74, 6) is -0.0463. The number of nitrogens with zero attached hydrogens (tertiary/aromatic N) is 2. The van der Waals surface area contributed by atoms with Crippen LogP contribution in [0, 0.1) is 0 Å². The molecule has 4 heteroatoms. The van der Waals surface area contributed by atoms with Crippen LogP contribution in [0.15, 0.2) is 18.3 Å². The minimum atomic E-state index is -0.0463. The number of carbonyl (C=O) groups excluding carboxylic acids is 1. The highest BCUT2D eigenvalue weighted by Crippen LogP contribution is 2.26. The van der Waals surface area contributed by atoms with Crippen LogP contribution < -0.4 is 0 Å². The molecule has 0 unspecified atom stereocenters. The van der Waals surface area contributed by atoms with Crippen LogP contribution in [0.1, 0.15) is 23.3 Å². The molecule has 1 heterocycles. The molecular weight excluding hydrogens is 200 g/mol. The number of amides is 1. The van der Waals surface area contributed by atoms with E-state index in [4.69, 9.17) is 11.6 Å². The summed E-state index contributed by atoms with van der Waals surface area (Å²) in [6, 6.07) is 3.67. The van der Waals surface area contributed by atoms with Crippen molar-refractivity contribution in [2.45, 2.75) is 18.9 Å². The average Bonchev–Trinajstić information content (AvgIpc) is 2.99. The molecule has 0 bridgehead atoms. The number of carbonyl (C=O) groups is 1. The fourth-order valence-corrected chi connectivity index (χ4v) is 1.49. The van der Waals surface area contributed by atoms with Crippen LogP contribution >= 0.6 is 11.6 Å². The molecule has 74 valence electrons. The van der Waals surface area contributed by atoms with E-state index in [9.17, 15) is 4.79 Å². The molecule has 2 rings (SSSR count). The molecule has 1 aromatic heterocycles. The maximum atomic E-state index is 11.8. The summed E-state index contributed by atoms with van der Waals surface area (Å²) in [7, 11) is 1.81. The Morgan fingerprint density at radius 3 is 2.93 bits per heavy atom. The third kappa shape index (κ3) is 1.87. The second kappa shape index (κ2) is 3.58. The molecule has 1 aliphatic carbocycles. The monoisotopic (exact) mass is 210 g/mol. The summed E-state index contributed by atoms with van der Waals surface area (Å²) >= 11 is 5.78. The van der Waals surface area contributed by atoms with Crippen LogP contribution in [0.2, 0.25) is 5.02 Å². The molecular formula is C10H11ClN2O. The first kappa shape index (κ1) is 9.46. The lowest BCUT2D eigenvalue weighted by molar-refractivity contribution is 0.0779. The highest BCUT2D eigenvalue weighted by atomic mass is 35.5. The van der Waals surface area contributed by atoms with Crippen molar-refractivity contribution in [3.63, 3.8) is 0 Å². The van der Waals surface area contributed by atoms with E-state index in [1.807, 2.05) is 7.05 Å². The van der Waals surface area contributed by atoms with Gasteiger partial charge in [0.1, 0.15) is 5.69 Å². The van der Waals surface area contributed by atoms with Crippen molar-refractivity contribution in [1.82, 2.24) is 9.88 Å². The first-order valence-corrected chi connectivity index (χ1v) is 4.95. The minimum absolute atomic E-state index is 0.0463. The molecule has 1 aromatic rings. The molecule has 0 aromatic carbocycles. The van der Waals surface area contributed by atoms with Gasteiger partial charge in [-0.05, 0) is 25.0 Å². The van der Waals surface area contributed by atoms with Crippen molar-refractivity contribution in [2.75, 3.05) is 7.05 Å². The van der Waals surface area contributed by atoms with Gasteiger partial charge in [0.2, 0.25) is 0 Å². The van der Waals surface area contributed by atoms with Gasteiger partial charge < -0.3 is 4.90 Å². The van der Waals surface area contributed by atoms with Gasteiger partial charge in [0, 0.05) is 24.3 Å². The molecule has 14 heavy (non-hydrogen) atoms. The lowest BCUT2D eigenvalue weighted by Crippen LogP contribution is -2.29. The zero-order valence-electron chi connectivity index (χ0n) is 7.90. The molecule has 1 amide bonds. The van der Waals surface area contributed by atoms with Crippen molar-refractivity contribution in [2.24, 2.45) is 0 Å². The Kier molecular flexibility index (Phi) is 2.42. The van der Waals surface area contributed by atoms with Gasteiger partial charge in [-0.1, -0.05) is 11.6 Å². The van der Waals surface area contributed by atoms with Gasteiger partial charge in [-0.25, -0.2) is 0 Å². The van der Waals surface area contributed by atoms with Crippen LogP contribution in [0.3, 0.4) is 0 Å². The normalized spacial score (nSPS) is 15.3. The van der Waals surface area contributed by atoms with Crippen molar-refractivity contribution < 1.29 is 4.79 Å². The number of hydrogen-bond acceptors (Lipinski definition) is 2. The molecule has 0 spiro atoms. The highest BCUT2D eigenvalue weighted by molar-refractivity contribution is 6.30. The molecule has 0 N–H and O–H groups in total. The lowest BCUT2D eigenvalue weighted by Gasteiger charge is -2.15. The Labute approximate surface area is 87.7 Å². The van der Waals surface area contributed by atoms with Crippen LogP contribution in [0.5, 0.6) is 0 Å². The van der Waals surface area contributed by atoms with Gasteiger partial charge in [-0.3, -0.25) is 9.78 Å². The summed E-state index contributed by atoms with van der Waals surface area (Å²) in [6.07, 6.45) is 3.75. The number of hydrogen-bond donors (Lipinski definition) is 0. The molecule has 1 aliphatic rings.